The molecule has 2 heteroatoms. The smallest absolute Gasteiger partial charge is 0.160 e. The van der Waals surface area contributed by atoms with Crippen molar-refractivity contribution in [2.45, 2.75) is 26.7 Å². The van der Waals surface area contributed by atoms with Crippen molar-refractivity contribution in [1.82, 2.24) is 9.97 Å². The largest absolute Gasteiger partial charge is 0.228 e. The summed E-state index contributed by atoms with van der Waals surface area (Å²) < 4.78 is 0. The van der Waals surface area contributed by atoms with E-state index in [1.807, 2.05) is 18.2 Å². The Labute approximate surface area is 155 Å². The van der Waals surface area contributed by atoms with E-state index in [2.05, 4.69) is 68.5 Å². The number of aromatic nitrogens is 2. The zero-order valence-electron chi connectivity index (χ0n) is 15.2. The van der Waals surface area contributed by atoms with Gasteiger partial charge in [-0.15, -0.1) is 0 Å². The van der Waals surface area contributed by atoms with Crippen molar-refractivity contribution in [1.29, 1.82) is 0 Å². The van der Waals surface area contributed by atoms with Crippen LogP contribution >= 0.6 is 0 Å². The second-order valence-corrected chi connectivity index (χ2v) is 6.77. The lowest BCUT2D eigenvalue weighted by molar-refractivity contribution is 1.03. The van der Waals surface area contributed by atoms with Gasteiger partial charge in [-0.05, 0) is 55.5 Å². The molecule has 0 aliphatic heterocycles. The fraction of sp³-hybridized carbons (Fsp3) is 0.167. The minimum absolute atomic E-state index is 0.782. The standard InChI is InChI=1S/C24H22N2/c1-17-13-14-21(15-18(17)2)24-25-22(19-9-5-3-6-10-19)16-23(26-24)20-11-7-4-8-12-20/h3,5-7,9-16H,4,8H2,1-2H3. The van der Waals surface area contributed by atoms with Crippen LogP contribution in [0.3, 0.4) is 0 Å². The molecule has 26 heavy (non-hydrogen) atoms. The highest BCUT2D eigenvalue weighted by Crippen LogP contribution is 2.28. The first-order valence-electron chi connectivity index (χ1n) is 9.10. The van der Waals surface area contributed by atoms with Crippen LogP contribution in [0.4, 0.5) is 0 Å². The monoisotopic (exact) mass is 338 g/mol. The molecule has 0 radical (unpaired) electrons. The Balaban J connectivity index is 1.88. The normalized spacial score (nSPS) is 13.5. The van der Waals surface area contributed by atoms with Crippen LogP contribution in [-0.2, 0) is 0 Å². The van der Waals surface area contributed by atoms with Gasteiger partial charge in [0, 0.05) is 11.1 Å². The molecule has 2 nitrogen and oxygen atoms in total. The quantitative estimate of drug-likeness (QED) is 0.571. The van der Waals surface area contributed by atoms with Gasteiger partial charge >= 0.3 is 0 Å². The van der Waals surface area contributed by atoms with Crippen molar-refractivity contribution >= 4 is 5.57 Å². The van der Waals surface area contributed by atoms with E-state index in [1.54, 1.807) is 0 Å². The molecule has 1 aliphatic rings. The Bertz CT molecular complexity index is 998. The zero-order chi connectivity index (χ0) is 17.9. The van der Waals surface area contributed by atoms with Gasteiger partial charge < -0.3 is 0 Å². The van der Waals surface area contributed by atoms with E-state index >= 15 is 0 Å². The van der Waals surface area contributed by atoms with E-state index in [1.165, 1.54) is 16.7 Å². The number of rotatable bonds is 3. The molecule has 0 bridgehead atoms. The number of hydrogen-bond donors (Lipinski definition) is 0. The summed E-state index contributed by atoms with van der Waals surface area (Å²) >= 11 is 0. The highest BCUT2D eigenvalue weighted by atomic mass is 14.9. The van der Waals surface area contributed by atoms with Crippen molar-refractivity contribution in [3.05, 3.63) is 89.6 Å². The second-order valence-electron chi connectivity index (χ2n) is 6.77. The molecule has 1 aromatic heterocycles. The van der Waals surface area contributed by atoms with Gasteiger partial charge in [-0.3, -0.25) is 0 Å². The molecule has 0 fully saturated rings. The number of allylic oxidation sites excluding steroid dienone is 4. The van der Waals surface area contributed by atoms with Gasteiger partial charge in [0.05, 0.1) is 11.4 Å². The average Bonchev–Trinajstić information content (AvgIpc) is 2.71. The Hall–Kier alpha value is -3.00. The maximum absolute atomic E-state index is 4.89. The molecule has 0 saturated carbocycles. The van der Waals surface area contributed by atoms with Crippen LogP contribution in [0.1, 0.15) is 29.7 Å². The average molecular weight is 338 g/mol. The van der Waals surface area contributed by atoms with Gasteiger partial charge in [-0.2, -0.15) is 0 Å². The summed E-state index contributed by atoms with van der Waals surface area (Å²) in [5, 5.41) is 0. The second kappa shape index (κ2) is 7.09. The van der Waals surface area contributed by atoms with Gasteiger partial charge in [0.1, 0.15) is 0 Å². The first-order chi connectivity index (χ1) is 12.7. The number of benzene rings is 2. The predicted octanol–water partition coefficient (Wildman–Crippen LogP) is 6.16. The topological polar surface area (TPSA) is 25.8 Å². The summed E-state index contributed by atoms with van der Waals surface area (Å²) in [4.78, 5) is 9.77. The molecule has 0 spiro atoms. The number of nitrogens with zero attached hydrogens (tertiary/aromatic N) is 2. The summed E-state index contributed by atoms with van der Waals surface area (Å²) in [6.07, 6.45) is 8.82. The van der Waals surface area contributed by atoms with Crippen LogP contribution in [0.25, 0.3) is 28.2 Å². The maximum atomic E-state index is 4.89. The van der Waals surface area contributed by atoms with Gasteiger partial charge in [-0.25, -0.2) is 9.97 Å². The van der Waals surface area contributed by atoms with E-state index in [9.17, 15) is 0 Å². The molecule has 1 heterocycles. The van der Waals surface area contributed by atoms with Crippen LogP contribution in [0.2, 0.25) is 0 Å². The molecule has 4 rings (SSSR count). The van der Waals surface area contributed by atoms with Gasteiger partial charge in [0.2, 0.25) is 0 Å². The van der Waals surface area contributed by atoms with Gasteiger partial charge in [0.15, 0.2) is 5.82 Å². The van der Waals surface area contributed by atoms with Crippen molar-refractivity contribution in [2.24, 2.45) is 0 Å². The molecule has 128 valence electrons. The van der Waals surface area contributed by atoms with Gasteiger partial charge in [-0.1, -0.05) is 60.7 Å². The molecule has 0 saturated heterocycles. The fourth-order valence-electron chi connectivity index (χ4n) is 3.16. The summed E-state index contributed by atoms with van der Waals surface area (Å²) in [5.41, 5.74) is 7.85. The Morgan fingerprint density at radius 3 is 2.27 bits per heavy atom. The minimum atomic E-state index is 0.782. The highest BCUT2D eigenvalue weighted by Gasteiger charge is 2.12. The van der Waals surface area contributed by atoms with Crippen LogP contribution in [0.5, 0.6) is 0 Å². The molecule has 0 unspecified atom stereocenters. The first kappa shape index (κ1) is 16.5. The van der Waals surface area contributed by atoms with E-state index < -0.39 is 0 Å². The van der Waals surface area contributed by atoms with Crippen molar-refractivity contribution in [3.63, 3.8) is 0 Å². The molecule has 2 aromatic carbocycles. The molecule has 0 amide bonds. The summed E-state index contributed by atoms with van der Waals surface area (Å²) in [6.45, 7) is 4.26. The minimum Gasteiger partial charge on any atom is -0.228 e. The fourth-order valence-corrected chi connectivity index (χ4v) is 3.16. The molecule has 1 aliphatic carbocycles. The third-order valence-electron chi connectivity index (χ3n) is 4.85. The van der Waals surface area contributed by atoms with Crippen LogP contribution in [0.15, 0.2) is 72.8 Å². The zero-order valence-corrected chi connectivity index (χ0v) is 15.2. The van der Waals surface area contributed by atoms with Crippen molar-refractivity contribution < 1.29 is 0 Å². The van der Waals surface area contributed by atoms with Crippen molar-refractivity contribution in [3.8, 4) is 22.6 Å². The van der Waals surface area contributed by atoms with Crippen LogP contribution < -0.4 is 0 Å². The van der Waals surface area contributed by atoms with E-state index in [-0.39, 0.29) is 0 Å². The van der Waals surface area contributed by atoms with Gasteiger partial charge in [0.25, 0.3) is 0 Å². The molecule has 0 N–H and O–H groups in total. The van der Waals surface area contributed by atoms with E-state index in [0.717, 1.165) is 41.2 Å². The van der Waals surface area contributed by atoms with E-state index in [0.29, 0.717) is 0 Å². The number of hydrogen-bond acceptors (Lipinski definition) is 2. The predicted molar refractivity (Wildman–Crippen MR) is 109 cm³/mol. The third kappa shape index (κ3) is 3.36. The Kier molecular flexibility index (Phi) is 4.49. The first-order valence-corrected chi connectivity index (χ1v) is 9.10. The lowest BCUT2D eigenvalue weighted by Gasteiger charge is -2.12. The lowest BCUT2D eigenvalue weighted by Crippen LogP contribution is -1.99. The SMILES string of the molecule is Cc1ccc(-c2nc(C3=CCCC=C3)cc(-c3ccccc3)n2)cc1C. The number of aryl methyl sites for hydroxylation is 2. The molecular weight excluding hydrogens is 316 g/mol. The third-order valence-corrected chi connectivity index (χ3v) is 4.85. The Morgan fingerprint density at radius 1 is 0.731 bits per heavy atom. The van der Waals surface area contributed by atoms with Crippen LogP contribution in [-0.4, -0.2) is 9.97 Å². The summed E-state index contributed by atoms with van der Waals surface area (Å²) in [6, 6.07) is 18.9. The molecular formula is C24H22N2. The maximum Gasteiger partial charge on any atom is 0.160 e. The van der Waals surface area contributed by atoms with Crippen molar-refractivity contribution in [2.75, 3.05) is 0 Å². The molecule has 0 atom stereocenters. The van der Waals surface area contributed by atoms with E-state index in [4.69, 9.17) is 9.97 Å². The van der Waals surface area contributed by atoms with Crippen LogP contribution in [0, 0.1) is 13.8 Å². The molecule has 3 aromatic rings. The Morgan fingerprint density at radius 2 is 1.54 bits per heavy atom. The summed E-state index contributed by atoms with van der Waals surface area (Å²) in [5.74, 6) is 0.782. The summed E-state index contributed by atoms with van der Waals surface area (Å²) in [7, 11) is 0. The lowest BCUT2D eigenvalue weighted by atomic mass is 10.0. The highest BCUT2D eigenvalue weighted by molar-refractivity contribution is 5.77.